The minimum atomic E-state index is -4.16. The predicted molar refractivity (Wildman–Crippen MR) is 141 cm³/mol. The Hall–Kier alpha value is -0.740. The minimum Gasteiger partial charge on any atom is -0.331 e. The predicted octanol–water partition coefficient (Wildman–Crippen LogP) is 6.29. The van der Waals surface area contributed by atoms with Gasteiger partial charge in [-0.05, 0) is 12.8 Å². The highest BCUT2D eigenvalue weighted by molar-refractivity contribution is 7.80. The van der Waals surface area contributed by atoms with Crippen molar-refractivity contribution in [2.75, 3.05) is 34.8 Å². The van der Waals surface area contributed by atoms with Gasteiger partial charge in [-0.1, -0.05) is 104 Å². The summed E-state index contributed by atoms with van der Waals surface area (Å²) < 4.78 is 30.8. The van der Waals surface area contributed by atoms with Crippen LogP contribution in [0.3, 0.4) is 0 Å². The quantitative estimate of drug-likeness (QED) is 0.0615. The van der Waals surface area contributed by atoms with Crippen molar-refractivity contribution in [3.05, 3.63) is 0 Å². The number of hydrogen-bond donors (Lipinski definition) is 3. The van der Waals surface area contributed by atoms with Crippen LogP contribution in [0.5, 0.6) is 0 Å². The van der Waals surface area contributed by atoms with Gasteiger partial charge in [-0.25, -0.2) is 5.48 Å². The van der Waals surface area contributed by atoms with Gasteiger partial charge in [-0.2, -0.15) is 8.42 Å². The van der Waals surface area contributed by atoms with Gasteiger partial charge in [0.2, 0.25) is 5.91 Å². The molecular weight excluding hydrogens is 456 g/mol. The lowest BCUT2D eigenvalue weighted by Crippen LogP contribution is -2.34. The molecule has 0 heterocycles. The molecule has 0 saturated heterocycles. The lowest BCUT2D eigenvalue weighted by Gasteiger charge is -2.22. The van der Waals surface area contributed by atoms with Crippen LogP contribution in [-0.2, 0) is 19.4 Å². The highest BCUT2D eigenvalue weighted by atomic mass is 32.3. The van der Waals surface area contributed by atoms with Crippen molar-refractivity contribution >= 4 is 16.3 Å². The van der Waals surface area contributed by atoms with E-state index in [2.05, 4.69) is 39.2 Å². The van der Waals surface area contributed by atoms with E-state index < -0.39 is 10.4 Å². The molecule has 0 rings (SSSR count). The Morgan fingerprint density at radius 1 is 0.735 bits per heavy atom. The average Bonchev–Trinajstić information content (AvgIpc) is 2.75. The highest BCUT2D eigenvalue weighted by Gasteiger charge is 2.01. The molecule has 0 saturated carbocycles. The zero-order chi connectivity index (χ0) is 26.7. The fourth-order valence-corrected chi connectivity index (χ4v) is 3.38. The van der Waals surface area contributed by atoms with Gasteiger partial charge in [0.25, 0.3) is 0 Å². The summed E-state index contributed by atoms with van der Waals surface area (Å²) in [4.78, 5) is 10.8. The van der Waals surface area contributed by atoms with Crippen molar-refractivity contribution < 1.29 is 31.6 Å². The fourth-order valence-electron chi connectivity index (χ4n) is 3.38. The molecule has 0 aromatic carbocycles. The molecule has 0 aliphatic carbocycles. The van der Waals surface area contributed by atoms with Gasteiger partial charge in [0.05, 0.1) is 34.8 Å². The smallest absolute Gasteiger partial charge is 0.331 e. The molecule has 9 heteroatoms. The summed E-state index contributed by atoms with van der Waals surface area (Å²) in [5, 5.41) is 8.35. The molecular formula is C25H57N2O6S+. The molecule has 34 heavy (non-hydrogen) atoms. The maximum absolute atomic E-state index is 10.8. The van der Waals surface area contributed by atoms with Gasteiger partial charge in [0, 0.05) is 6.42 Å². The summed E-state index contributed by atoms with van der Waals surface area (Å²) >= 11 is 0. The van der Waals surface area contributed by atoms with E-state index in [0.29, 0.717) is 6.42 Å². The van der Waals surface area contributed by atoms with Gasteiger partial charge in [-0.3, -0.25) is 18.7 Å². The molecule has 1 amide bonds. The zero-order valence-corrected chi connectivity index (χ0v) is 23.9. The molecule has 0 fully saturated rings. The number of rotatable bonds is 19. The van der Waals surface area contributed by atoms with Crippen molar-refractivity contribution in [3.8, 4) is 0 Å². The molecule has 208 valence electrons. The SMILES string of the molecule is CCCCCCCCCCCCCCCCCC(=O)NO.CCC[N+](C)(C)C.COS(=O)(=O)O. The molecule has 8 nitrogen and oxygen atoms in total. The summed E-state index contributed by atoms with van der Waals surface area (Å²) in [6.45, 7) is 5.76. The number of nitrogens with zero attached hydrogens (tertiary/aromatic N) is 1. The molecule has 0 bridgehead atoms. The van der Waals surface area contributed by atoms with Crippen LogP contribution < -0.4 is 5.48 Å². The van der Waals surface area contributed by atoms with Crippen LogP contribution in [0.1, 0.15) is 123 Å². The molecule has 0 aromatic rings. The van der Waals surface area contributed by atoms with Crippen LogP contribution in [0.15, 0.2) is 0 Å². The van der Waals surface area contributed by atoms with E-state index in [1.807, 2.05) is 0 Å². The second kappa shape index (κ2) is 26.9. The van der Waals surface area contributed by atoms with E-state index in [0.717, 1.165) is 24.4 Å². The monoisotopic (exact) mass is 513 g/mol. The fraction of sp³-hybridized carbons (Fsp3) is 0.960. The van der Waals surface area contributed by atoms with Crippen LogP contribution in [0.2, 0.25) is 0 Å². The Labute approximate surface area is 211 Å². The second-order valence-corrected chi connectivity index (χ2v) is 11.0. The number of unbranched alkanes of at least 4 members (excludes halogenated alkanes) is 14. The zero-order valence-electron chi connectivity index (χ0n) is 23.1. The standard InChI is InChI=1S/C18H37NO2.C6H16N.CH4O4S/c1-2-3-4-5-6-7-8-9-10-11-12-13-14-15-16-17-18(20)19-21;1-5-6-7(2,3)4;1-5-6(2,3)4/h21H,2-17H2,1H3,(H,19,20);5-6H2,1-4H3;1H3,(H,2,3,4)/q;+1;. The van der Waals surface area contributed by atoms with E-state index >= 15 is 0 Å². The molecule has 0 aromatic heterocycles. The van der Waals surface area contributed by atoms with E-state index in [1.54, 1.807) is 5.48 Å². The Morgan fingerprint density at radius 2 is 1.06 bits per heavy atom. The first kappa shape index (κ1) is 37.8. The number of nitrogens with one attached hydrogen (secondary N) is 1. The van der Waals surface area contributed by atoms with E-state index in [9.17, 15) is 13.2 Å². The Bertz CT molecular complexity index is 522. The Morgan fingerprint density at radius 3 is 1.26 bits per heavy atom. The molecule has 0 radical (unpaired) electrons. The first-order valence-corrected chi connectivity index (χ1v) is 14.6. The summed E-state index contributed by atoms with van der Waals surface area (Å²) in [7, 11) is 3.34. The number of quaternary nitrogens is 1. The topological polar surface area (TPSA) is 113 Å². The summed E-state index contributed by atoms with van der Waals surface area (Å²) in [6, 6.07) is 0. The third kappa shape index (κ3) is 44.9. The number of carbonyl (C=O) groups is 1. The molecule has 3 N–H and O–H groups in total. The van der Waals surface area contributed by atoms with Crippen LogP contribution in [0.4, 0.5) is 0 Å². The minimum absolute atomic E-state index is 0.260. The van der Waals surface area contributed by atoms with E-state index in [4.69, 9.17) is 9.76 Å². The maximum Gasteiger partial charge on any atom is 0.397 e. The lowest BCUT2D eigenvalue weighted by molar-refractivity contribution is -0.870. The normalized spacial score (nSPS) is 11.2. The van der Waals surface area contributed by atoms with E-state index in [-0.39, 0.29) is 5.91 Å². The first-order chi connectivity index (χ1) is 15.9. The lowest BCUT2D eigenvalue weighted by atomic mass is 10.0. The second-order valence-electron chi connectivity index (χ2n) is 9.84. The van der Waals surface area contributed by atoms with Crippen molar-refractivity contribution in [2.24, 2.45) is 0 Å². The van der Waals surface area contributed by atoms with Gasteiger partial charge in [0.15, 0.2) is 0 Å². The van der Waals surface area contributed by atoms with Gasteiger partial charge < -0.3 is 4.48 Å². The average molecular weight is 514 g/mol. The summed E-state index contributed by atoms with van der Waals surface area (Å²) in [5.41, 5.74) is 1.68. The van der Waals surface area contributed by atoms with Crippen LogP contribution in [-0.4, -0.2) is 63.4 Å². The first-order valence-electron chi connectivity index (χ1n) is 13.2. The molecule has 0 aliphatic rings. The summed E-state index contributed by atoms with van der Waals surface area (Å²) in [6.07, 6.45) is 21.6. The number of hydrogen-bond acceptors (Lipinski definition) is 5. The number of hydroxylamine groups is 1. The maximum atomic E-state index is 10.8. The molecule has 0 aliphatic heterocycles. The van der Waals surface area contributed by atoms with Crippen molar-refractivity contribution in [1.29, 1.82) is 0 Å². The molecule has 0 atom stereocenters. The molecule has 0 unspecified atom stereocenters. The van der Waals surface area contributed by atoms with Crippen LogP contribution in [0.25, 0.3) is 0 Å². The van der Waals surface area contributed by atoms with Crippen molar-refractivity contribution in [2.45, 2.75) is 123 Å². The Balaban J connectivity index is -0.000000601. The van der Waals surface area contributed by atoms with Crippen molar-refractivity contribution in [3.63, 3.8) is 0 Å². The number of carbonyl (C=O) groups excluding carboxylic acids is 1. The largest absolute Gasteiger partial charge is 0.397 e. The third-order valence-corrected chi connectivity index (χ3v) is 5.66. The molecule has 0 spiro atoms. The van der Waals surface area contributed by atoms with Crippen molar-refractivity contribution in [1.82, 2.24) is 5.48 Å². The highest BCUT2D eigenvalue weighted by Crippen LogP contribution is 2.13. The van der Waals surface area contributed by atoms with Crippen LogP contribution in [0, 0.1) is 0 Å². The van der Waals surface area contributed by atoms with Gasteiger partial charge in [-0.15, -0.1) is 0 Å². The van der Waals surface area contributed by atoms with Gasteiger partial charge >= 0.3 is 10.4 Å². The third-order valence-electron chi connectivity index (χ3n) is 5.24. The Kier molecular flexibility index (Phi) is 29.9. The number of amides is 1. The van der Waals surface area contributed by atoms with Gasteiger partial charge in [0.1, 0.15) is 0 Å². The van der Waals surface area contributed by atoms with E-state index in [1.165, 1.54) is 96.4 Å². The summed E-state index contributed by atoms with van der Waals surface area (Å²) in [5.74, 6) is -0.260. The van der Waals surface area contributed by atoms with Crippen LogP contribution >= 0.6 is 0 Å².